The van der Waals surface area contributed by atoms with Crippen LogP contribution in [0.3, 0.4) is 0 Å². The average molecular weight is 344 g/mol. The van der Waals surface area contributed by atoms with Gasteiger partial charge >= 0.3 is 0 Å². The Morgan fingerprint density at radius 2 is 2.08 bits per heavy atom. The molecule has 0 spiro atoms. The number of aromatic nitrogens is 3. The molecule has 0 aliphatic heterocycles. The highest BCUT2D eigenvalue weighted by atomic mass is 35.5. The van der Waals surface area contributed by atoms with Crippen LogP contribution in [0, 0.1) is 0 Å². The van der Waals surface area contributed by atoms with Crippen molar-refractivity contribution in [2.75, 3.05) is 19.4 Å². The molecule has 0 atom stereocenters. The minimum Gasteiger partial charge on any atom is -0.345 e. The summed E-state index contributed by atoms with van der Waals surface area (Å²) in [7, 11) is 3.27. The Labute approximate surface area is 142 Å². The summed E-state index contributed by atoms with van der Waals surface area (Å²) in [5.41, 5.74) is 0.868. The summed E-state index contributed by atoms with van der Waals surface area (Å²) < 4.78 is 1.64. The molecule has 7 nitrogen and oxygen atoms in total. The highest BCUT2D eigenvalue weighted by molar-refractivity contribution is 6.31. The Balaban J connectivity index is 1.93. The quantitative estimate of drug-likeness (QED) is 0.791. The molecule has 0 unspecified atom stereocenters. The van der Waals surface area contributed by atoms with Gasteiger partial charge in [-0.05, 0) is 24.3 Å². The molecule has 122 valence electrons. The van der Waals surface area contributed by atoms with E-state index in [1.54, 1.807) is 55.3 Å². The number of fused-ring (bicyclic) bond motifs is 1. The fraction of sp³-hybridized carbons (Fsp3) is 0.125. The summed E-state index contributed by atoms with van der Waals surface area (Å²) in [6.45, 7) is 0. The van der Waals surface area contributed by atoms with Gasteiger partial charge in [0.05, 0.1) is 11.3 Å². The summed E-state index contributed by atoms with van der Waals surface area (Å²) in [4.78, 5) is 34.3. The number of carbonyl (C=O) groups excluding carboxylic acids is 2. The minimum atomic E-state index is -0.449. The van der Waals surface area contributed by atoms with Crippen molar-refractivity contribution >= 4 is 34.9 Å². The Kier molecular flexibility index (Phi) is 4.18. The van der Waals surface area contributed by atoms with Crippen molar-refractivity contribution < 1.29 is 9.59 Å². The molecule has 0 fully saturated rings. The number of rotatable bonds is 3. The van der Waals surface area contributed by atoms with Crippen molar-refractivity contribution in [1.29, 1.82) is 0 Å². The number of imidazole rings is 1. The Bertz CT molecular complexity index is 902. The van der Waals surface area contributed by atoms with Crippen LogP contribution in [-0.2, 0) is 0 Å². The molecule has 2 amide bonds. The number of amides is 2. The topological polar surface area (TPSA) is 79.6 Å². The first-order valence-corrected chi connectivity index (χ1v) is 7.46. The summed E-state index contributed by atoms with van der Waals surface area (Å²) in [5.74, 6) is -0.271. The van der Waals surface area contributed by atoms with Crippen molar-refractivity contribution in [2.45, 2.75) is 0 Å². The van der Waals surface area contributed by atoms with Crippen LogP contribution in [0.15, 0.2) is 42.9 Å². The molecule has 0 saturated heterocycles. The second-order valence-corrected chi connectivity index (χ2v) is 5.73. The normalized spacial score (nSPS) is 10.6. The smallest absolute Gasteiger partial charge is 0.275 e. The molecule has 1 aromatic carbocycles. The molecule has 0 saturated carbocycles. The molecule has 0 aliphatic carbocycles. The van der Waals surface area contributed by atoms with Crippen LogP contribution in [0.1, 0.15) is 20.8 Å². The standard InChI is InChI=1S/C16H14ClN5O2/c1-21(2)15(24)11-5-4-10(17)8-12(11)19-14(23)13-9-22-7-3-6-18-16(22)20-13/h3-9H,1-2H3,(H,19,23). The van der Waals surface area contributed by atoms with Crippen molar-refractivity contribution in [3.05, 3.63) is 59.1 Å². The van der Waals surface area contributed by atoms with E-state index in [-0.39, 0.29) is 11.6 Å². The summed E-state index contributed by atoms with van der Waals surface area (Å²) >= 11 is 5.99. The molecule has 8 heteroatoms. The van der Waals surface area contributed by atoms with Crippen LogP contribution in [0.2, 0.25) is 5.02 Å². The van der Waals surface area contributed by atoms with Crippen LogP contribution in [0.4, 0.5) is 5.69 Å². The van der Waals surface area contributed by atoms with Crippen molar-refractivity contribution in [1.82, 2.24) is 19.3 Å². The van der Waals surface area contributed by atoms with E-state index in [4.69, 9.17) is 11.6 Å². The zero-order valence-corrected chi connectivity index (χ0v) is 13.8. The first-order chi connectivity index (χ1) is 11.5. The fourth-order valence-corrected chi connectivity index (χ4v) is 2.35. The molecule has 0 bridgehead atoms. The lowest BCUT2D eigenvalue weighted by Crippen LogP contribution is -2.24. The van der Waals surface area contributed by atoms with E-state index >= 15 is 0 Å². The number of carbonyl (C=O) groups is 2. The van der Waals surface area contributed by atoms with E-state index in [9.17, 15) is 9.59 Å². The van der Waals surface area contributed by atoms with E-state index in [2.05, 4.69) is 15.3 Å². The predicted molar refractivity (Wildman–Crippen MR) is 90.4 cm³/mol. The summed E-state index contributed by atoms with van der Waals surface area (Å²) in [5, 5.41) is 3.10. The van der Waals surface area contributed by atoms with Crippen LogP contribution >= 0.6 is 11.6 Å². The molecular formula is C16H14ClN5O2. The number of hydrogen-bond acceptors (Lipinski definition) is 4. The molecule has 3 rings (SSSR count). The SMILES string of the molecule is CN(C)C(=O)c1ccc(Cl)cc1NC(=O)c1cn2cccnc2n1. The van der Waals surface area contributed by atoms with Crippen LogP contribution in [0.25, 0.3) is 5.78 Å². The second kappa shape index (κ2) is 6.29. The third-order valence-electron chi connectivity index (χ3n) is 3.33. The van der Waals surface area contributed by atoms with Crippen molar-refractivity contribution in [3.63, 3.8) is 0 Å². The van der Waals surface area contributed by atoms with Crippen molar-refractivity contribution in [2.24, 2.45) is 0 Å². The average Bonchev–Trinajstić information content (AvgIpc) is 2.98. The van der Waals surface area contributed by atoms with E-state index in [0.717, 1.165) is 0 Å². The molecule has 2 aromatic heterocycles. The lowest BCUT2D eigenvalue weighted by atomic mass is 10.1. The van der Waals surface area contributed by atoms with Gasteiger partial charge in [-0.3, -0.25) is 14.0 Å². The molecule has 2 heterocycles. The Morgan fingerprint density at radius 1 is 1.29 bits per heavy atom. The third-order valence-corrected chi connectivity index (χ3v) is 3.57. The van der Waals surface area contributed by atoms with E-state index in [0.29, 0.717) is 22.1 Å². The number of anilines is 1. The number of hydrogen-bond donors (Lipinski definition) is 1. The molecule has 0 aliphatic rings. The highest BCUT2D eigenvalue weighted by Crippen LogP contribution is 2.23. The number of nitrogens with zero attached hydrogens (tertiary/aromatic N) is 4. The first kappa shape index (κ1) is 15.9. The Hall–Kier alpha value is -2.93. The largest absolute Gasteiger partial charge is 0.345 e. The number of halogens is 1. The van der Waals surface area contributed by atoms with E-state index < -0.39 is 5.91 Å². The van der Waals surface area contributed by atoms with Gasteiger partial charge in [-0.2, -0.15) is 0 Å². The lowest BCUT2D eigenvalue weighted by Gasteiger charge is -2.14. The van der Waals surface area contributed by atoms with Gasteiger partial charge in [-0.15, -0.1) is 0 Å². The van der Waals surface area contributed by atoms with Gasteiger partial charge in [0, 0.05) is 37.7 Å². The van der Waals surface area contributed by atoms with Crippen LogP contribution in [0.5, 0.6) is 0 Å². The number of benzene rings is 1. The predicted octanol–water partition coefficient (Wildman–Crippen LogP) is 2.34. The number of nitrogens with one attached hydrogen (secondary N) is 1. The summed E-state index contributed by atoms with van der Waals surface area (Å²) in [6.07, 6.45) is 4.90. The lowest BCUT2D eigenvalue weighted by molar-refractivity contribution is 0.0828. The zero-order valence-electron chi connectivity index (χ0n) is 13.0. The zero-order chi connectivity index (χ0) is 17.3. The molecule has 0 radical (unpaired) electrons. The van der Waals surface area contributed by atoms with Gasteiger partial charge in [0.2, 0.25) is 5.78 Å². The van der Waals surface area contributed by atoms with Gasteiger partial charge in [-0.1, -0.05) is 11.6 Å². The van der Waals surface area contributed by atoms with Crippen LogP contribution in [-0.4, -0.2) is 45.2 Å². The maximum absolute atomic E-state index is 12.5. The van der Waals surface area contributed by atoms with E-state index in [1.165, 1.54) is 11.0 Å². The van der Waals surface area contributed by atoms with Crippen molar-refractivity contribution in [3.8, 4) is 0 Å². The summed E-state index contributed by atoms with van der Waals surface area (Å²) in [6, 6.07) is 6.44. The third kappa shape index (κ3) is 3.07. The maximum atomic E-state index is 12.5. The Morgan fingerprint density at radius 3 is 2.79 bits per heavy atom. The molecule has 1 N–H and O–H groups in total. The van der Waals surface area contributed by atoms with Crippen LogP contribution < -0.4 is 5.32 Å². The van der Waals surface area contributed by atoms with Gasteiger partial charge in [-0.25, -0.2) is 9.97 Å². The van der Waals surface area contributed by atoms with E-state index in [1.807, 2.05) is 0 Å². The monoisotopic (exact) mass is 343 g/mol. The maximum Gasteiger partial charge on any atom is 0.275 e. The van der Waals surface area contributed by atoms with Gasteiger partial charge < -0.3 is 10.2 Å². The second-order valence-electron chi connectivity index (χ2n) is 5.30. The van der Waals surface area contributed by atoms with Gasteiger partial charge in [0.25, 0.3) is 11.8 Å². The van der Waals surface area contributed by atoms with Gasteiger partial charge in [0.1, 0.15) is 5.69 Å². The highest BCUT2D eigenvalue weighted by Gasteiger charge is 2.18. The fourth-order valence-electron chi connectivity index (χ4n) is 2.17. The molecule has 24 heavy (non-hydrogen) atoms. The molecular weight excluding hydrogens is 330 g/mol. The molecule has 3 aromatic rings. The first-order valence-electron chi connectivity index (χ1n) is 7.08. The van der Waals surface area contributed by atoms with Gasteiger partial charge in [0.15, 0.2) is 0 Å². The minimum absolute atomic E-state index is 0.192.